The number of piperidine rings is 1. The number of hydrogen-bond donors (Lipinski definition) is 1. The molecule has 180 valence electrons. The van der Waals surface area contributed by atoms with Gasteiger partial charge in [0.05, 0.1) is 11.3 Å². The number of likely N-dealkylation sites (tertiary alicyclic amines) is 1. The Balaban J connectivity index is 1.40. The van der Waals surface area contributed by atoms with Crippen molar-refractivity contribution in [3.05, 3.63) is 83.4 Å². The average Bonchev–Trinajstić information content (AvgIpc) is 3.27. The quantitative estimate of drug-likeness (QED) is 0.552. The molecule has 0 saturated carbocycles. The Kier molecular flexibility index (Phi) is 7.44. The van der Waals surface area contributed by atoms with E-state index in [2.05, 4.69) is 42.3 Å². The summed E-state index contributed by atoms with van der Waals surface area (Å²) in [6.45, 7) is 1.97. The monoisotopic (exact) mass is 464 g/mol. The van der Waals surface area contributed by atoms with E-state index in [9.17, 15) is 14.3 Å². The number of rotatable bonds is 8. The molecule has 0 aliphatic carbocycles. The second-order valence-electron chi connectivity index (χ2n) is 9.51. The molecule has 6 nitrogen and oxygen atoms in total. The normalized spacial score (nSPS) is 15.6. The van der Waals surface area contributed by atoms with Gasteiger partial charge in [0.2, 0.25) is 0 Å². The molecule has 0 radical (unpaired) electrons. The summed E-state index contributed by atoms with van der Waals surface area (Å²) >= 11 is 0. The maximum atomic E-state index is 13.2. The topological polar surface area (TPSA) is 61.6 Å². The largest absolute Gasteiger partial charge is 0.389 e. The van der Waals surface area contributed by atoms with Crippen LogP contribution in [0.3, 0.4) is 0 Å². The summed E-state index contributed by atoms with van der Waals surface area (Å²) < 4.78 is 15.1. The van der Waals surface area contributed by atoms with Gasteiger partial charge in [-0.05, 0) is 94.4 Å². The van der Waals surface area contributed by atoms with Crippen molar-refractivity contribution >= 4 is 5.91 Å². The Morgan fingerprint density at radius 2 is 1.85 bits per heavy atom. The van der Waals surface area contributed by atoms with Crippen molar-refractivity contribution in [3.63, 3.8) is 0 Å². The van der Waals surface area contributed by atoms with Crippen molar-refractivity contribution < 1.29 is 14.3 Å². The van der Waals surface area contributed by atoms with Crippen LogP contribution in [0.2, 0.25) is 0 Å². The third kappa shape index (κ3) is 5.90. The molecule has 1 N–H and O–H groups in total. The van der Waals surface area contributed by atoms with Gasteiger partial charge in [-0.3, -0.25) is 4.79 Å². The molecule has 1 aromatic heterocycles. The van der Waals surface area contributed by atoms with Crippen LogP contribution in [-0.4, -0.2) is 69.9 Å². The second kappa shape index (κ2) is 10.5. The third-order valence-electron chi connectivity index (χ3n) is 6.53. The first-order chi connectivity index (χ1) is 16.3. The van der Waals surface area contributed by atoms with Crippen LogP contribution in [-0.2, 0) is 12.8 Å². The van der Waals surface area contributed by atoms with E-state index in [4.69, 9.17) is 0 Å². The smallest absolute Gasteiger partial charge is 0.253 e. The van der Waals surface area contributed by atoms with E-state index >= 15 is 0 Å². The van der Waals surface area contributed by atoms with Crippen LogP contribution in [0.15, 0.2) is 60.8 Å². The first-order valence-corrected chi connectivity index (χ1v) is 11.9. The molecule has 0 unspecified atom stereocenters. The van der Waals surface area contributed by atoms with Gasteiger partial charge < -0.3 is 14.9 Å². The van der Waals surface area contributed by atoms with E-state index < -0.39 is 5.60 Å². The van der Waals surface area contributed by atoms with E-state index in [0.717, 1.165) is 30.8 Å². The molecule has 0 bridgehead atoms. The Morgan fingerprint density at radius 3 is 2.56 bits per heavy atom. The summed E-state index contributed by atoms with van der Waals surface area (Å²) in [6, 6.07) is 16.0. The van der Waals surface area contributed by atoms with Crippen molar-refractivity contribution in [2.45, 2.75) is 37.7 Å². The van der Waals surface area contributed by atoms with Gasteiger partial charge >= 0.3 is 0 Å². The molecule has 1 fully saturated rings. The zero-order chi connectivity index (χ0) is 24.1. The summed E-state index contributed by atoms with van der Waals surface area (Å²) in [7, 11) is 4.17. The molecule has 1 amide bonds. The molecule has 3 aromatic rings. The number of aromatic nitrogens is 2. The number of carbonyl (C=O) groups excluding carboxylic acids is 1. The Labute approximate surface area is 200 Å². The van der Waals surface area contributed by atoms with Crippen molar-refractivity contribution in [1.82, 2.24) is 19.6 Å². The summed E-state index contributed by atoms with van der Waals surface area (Å²) in [4.78, 5) is 16.6. The first kappa shape index (κ1) is 24.1. The molecule has 1 aliphatic rings. The lowest BCUT2D eigenvalue weighted by atomic mass is 9.86. The van der Waals surface area contributed by atoms with Gasteiger partial charge in [0.1, 0.15) is 5.82 Å². The average molecular weight is 465 g/mol. The van der Waals surface area contributed by atoms with Crippen LogP contribution in [0.1, 0.15) is 40.9 Å². The van der Waals surface area contributed by atoms with Gasteiger partial charge in [-0.2, -0.15) is 5.10 Å². The number of aliphatic hydroxyl groups is 1. The van der Waals surface area contributed by atoms with E-state index in [-0.39, 0.29) is 11.7 Å². The Morgan fingerprint density at radius 1 is 1.12 bits per heavy atom. The third-order valence-corrected chi connectivity index (χ3v) is 6.53. The lowest BCUT2D eigenvalue weighted by Crippen LogP contribution is -2.48. The van der Waals surface area contributed by atoms with Crippen molar-refractivity contribution in [2.75, 3.05) is 33.7 Å². The number of carbonyl (C=O) groups is 1. The minimum atomic E-state index is -0.902. The van der Waals surface area contributed by atoms with Crippen LogP contribution in [0.5, 0.6) is 0 Å². The van der Waals surface area contributed by atoms with Crippen molar-refractivity contribution in [2.24, 2.45) is 0 Å². The summed E-state index contributed by atoms with van der Waals surface area (Å²) in [5.41, 5.74) is 2.78. The van der Waals surface area contributed by atoms with Gasteiger partial charge in [0.15, 0.2) is 0 Å². The Hall–Kier alpha value is -3.03. The number of aryl methyl sites for hydroxylation is 1. The molecule has 7 heteroatoms. The van der Waals surface area contributed by atoms with Gasteiger partial charge in [0.25, 0.3) is 5.91 Å². The van der Waals surface area contributed by atoms with E-state index in [1.165, 1.54) is 29.8 Å². The number of benzene rings is 2. The molecule has 0 spiro atoms. The minimum Gasteiger partial charge on any atom is -0.389 e. The lowest BCUT2D eigenvalue weighted by molar-refractivity contribution is -0.0172. The second-order valence-corrected chi connectivity index (χ2v) is 9.51. The van der Waals surface area contributed by atoms with Crippen molar-refractivity contribution in [3.8, 4) is 5.69 Å². The molecular weight excluding hydrogens is 431 g/mol. The molecule has 2 heterocycles. The zero-order valence-corrected chi connectivity index (χ0v) is 20.0. The fourth-order valence-electron chi connectivity index (χ4n) is 4.56. The Bertz CT molecular complexity index is 1100. The van der Waals surface area contributed by atoms with Gasteiger partial charge in [-0.1, -0.05) is 12.1 Å². The van der Waals surface area contributed by atoms with Crippen LogP contribution in [0.25, 0.3) is 5.69 Å². The highest BCUT2D eigenvalue weighted by Gasteiger charge is 2.35. The fourth-order valence-corrected chi connectivity index (χ4v) is 4.56. The predicted molar refractivity (Wildman–Crippen MR) is 131 cm³/mol. The molecule has 4 rings (SSSR count). The molecular formula is C27H33FN4O2. The van der Waals surface area contributed by atoms with Crippen LogP contribution in [0.4, 0.5) is 4.39 Å². The maximum Gasteiger partial charge on any atom is 0.253 e. The maximum absolute atomic E-state index is 13.2. The van der Waals surface area contributed by atoms with Gasteiger partial charge in [-0.15, -0.1) is 0 Å². The van der Waals surface area contributed by atoms with E-state index in [1.54, 1.807) is 11.1 Å². The summed E-state index contributed by atoms with van der Waals surface area (Å²) in [5, 5.41) is 15.8. The molecule has 0 atom stereocenters. The number of amides is 1. The fraction of sp³-hybridized carbons (Fsp3) is 0.407. The van der Waals surface area contributed by atoms with Crippen LogP contribution >= 0.6 is 0 Å². The first-order valence-electron chi connectivity index (χ1n) is 11.9. The standard InChI is InChI=1S/C27H33FN4O2/c1-30(2)16-4-6-21-5-3-7-24(19-21)32-25(12-15-29-32)20-27(34)13-17-31(18-14-27)26(33)22-8-10-23(28)11-9-22/h3,5,7-12,15,19,34H,4,6,13-14,16-18,20H2,1-2H3. The van der Waals surface area contributed by atoms with Gasteiger partial charge in [0, 0.05) is 37.0 Å². The summed E-state index contributed by atoms with van der Waals surface area (Å²) in [5.74, 6) is -0.488. The molecule has 1 saturated heterocycles. The SMILES string of the molecule is CN(C)CCCc1cccc(-n2nccc2CC2(O)CCN(C(=O)c3ccc(F)cc3)CC2)c1. The number of halogens is 1. The highest BCUT2D eigenvalue weighted by atomic mass is 19.1. The summed E-state index contributed by atoms with van der Waals surface area (Å²) in [6.07, 6.45) is 5.30. The van der Waals surface area contributed by atoms with Crippen LogP contribution in [0, 0.1) is 5.82 Å². The van der Waals surface area contributed by atoms with E-state index in [1.807, 2.05) is 16.8 Å². The zero-order valence-electron chi connectivity index (χ0n) is 20.0. The number of hydrogen-bond acceptors (Lipinski definition) is 4. The van der Waals surface area contributed by atoms with E-state index in [0.29, 0.717) is 37.9 Å². The lowest BCUT2D eigenvalue weighted by Gasteiger charge is -2.38. The van der Waals surface area contributed by atoms with Crippen LogP contribution < -0.4 is 0 Å². The molecule has 34 heavy (non-hydrogen) atoms. The van der Waals surface area contributed by atoms with Crippen molar-refractivity contribution in [1.29, 1.82) is 0 Å². The number of nitrogens with zero attached hydrogens (tertiary/aromatic N) is 4. The highest BCUT2D eigenvalue weighted by Crippen LogP contribution is 2.28. The minimum absolute atomic E-state index is 0.127. The predicted octanol–water partition coefficient (Wildman–Crippen LogP) is 3.72. The molecule has 2 aromatic carbocycles. The highest BCUT2D eigenvalue weighted by molar-refractivity contribution is 5.94. The van der Waals surface area contributed by atoms with Gasteiger partial charge in [-0.25, -0.2) is 9.07 Å². The molecule has 1 aliphatic heterocycles.